The van der Waals surface area contributed by atoms with Gasteiger partial charge in [0.2, 0.25) is 0 Å². The summed E-state index contributed by atoms with van der Waals surface area (Å²) in [6.07, 6.45) is -2.97. The molecule has 0 aliphatic carbocycles. The van der Waals surface area contributed by atoms with Crippen LogP contribution in [0.5, 0.6) is 0 Å². The van der Waals surface area contributed by atoms with Crippen LogP contribution in [0.3, 0.4) is 0 Å². The molecule has 0 saturated carbocycles. The topological polar surface area (TPSA) is 55.1 Å². The number of nitrogens with one attached hydrogen (secondary N) is 1. The molecule has 1 unspecified atom stereocenters. The monoisotopic (exact) mass is 257 g/mol. The summed E-state index contributed by atoms with van der Waals surface area (Å²) in [5.74, 6) is -0.854. The Kier molecular flexibility index (Phi) is 2.93. The van der Waals surface area contributed by atoms with Gasteiger partial charge in [0.05, 0.1) is 0 Å². The second kappa shape index (κ2) is 4.28. The van der Waals surface area contributed by atoms with Crippen LogP contribution in [0, 0.1) is 0 Å². The molecule has 0 aromatic carbocycles. The Morgan fingerprint density at radius 1 is 1.39 bits per heavy atom. The van der Waals surface area contributed by atoms with E-state index in [-0.39, 0.29) is 11.7 Å². The van der Waals surface area contributed by atoms with E-state index in [2.05, 4.69) is 27.2 Å². The van der Waals surface area contributed by atoms with Gasteiger partial charge in [0.15, 0.2) is 5.65 Å². The molecule has 0 saturated heterocycles. The fourth-order valence-corrected chi connectivity index (χ4v) is 1.33. The Hall–Kier alpha value is -2.12. The van der Waals surface area contributed by atoms with E-state index in [1.807, 2.05) is 0 Å². The molecule has 0 radical (unpaired) electrons. The summed E-state index contributed by atoms with van der Waals surface area (Å²) in [5.41, 5.74) is 0.0409. The van der Waals surface area contributed by atoms with E-state index in [0.717, 1.165) is 0 Å². The summed E-state index contributed by atoms with van der Waals surface area (Å²) in [4.78, 5) is 0. The number of anilines is 1. The third kappa shape index (κ3) is 2.27. The molecule has 0 amide bonds. The van der Waals surface area contributed by atoms with Crippen molar-refractivity contribution < 1.29 is 13.2 Å². The highest BCUT2D eigenvalue weighted by atomic mass is 19.4. The molecule has 8 heteroatoms. The quantitative estimate of drug-likeness (QED) is 0.856. The lowest BCUT2D eigenvalue weighted by Gasteiger charge is -2.10. The van der Waals surface area contributed by atoms with Gasteiger partial charge in [-0.1, -0.05) is 6.08 Å². The molecule has 2 rings (SSSR count). The van der Waals surface area contributed by atoms with E-state index in [9.17, 15) is 13.2 Å². The van der Waals surface area contributed by atoms with E-state index in [4.69, 9.17) is 0 Å². The van der Waals surface area contributed by atoms with Gasteiger partial charge in [-0.15, -0.1) is 21.9 Å². The van der Waals surface area contributed by atoms with Crippen molar-refractivity contribution in [1.82, 2.24) is 19.8 Å². The van der Waals surface area contributed by atoms with Gasteiger partial charge in [-0.2, -0.15) is 17.7 Å². The molecule has 18 heavy (non-hydrogen) atoms. The normalized spacial score (nSPS) is 13.6. The molecule has 0 aliphatic rings. The van der Waals surface area contributed by atoms with E-state index in [0.29, 0.717) is 10.3 Å². The van der Waals surface area contributed by atoms with Crippen molar-refractivity contribution in [3.8, 4) is 0 Å². The first-order valence-corrected chi connectivity index (χ1v) is 5.10. The van der Waals surface area contributed by atoms with Gasteiger partial charge in [-0.25, -0.2) is 0 Å². The third-order valence-electron chi connectivity index (χ3n) is 2.25. The number of rotatable bonds is 3. The average molecular weight is 257 g/mol. The van der Waals surface area contributed by atoms with E-state index in [1.165, 1.54) is 12.1 Å². The van der Waals surface area contributed by atoms with Crippen LogP contribution in [0.25, 0.3) is 5.65 Å². The molecule has 0 aliphatic heterocycles. The summed E-state index contributed by atoms with van der Waals surface area (Å²) in [7, 11) is 0. The predicted molar refractivity (Wildman–Crippen MR) is 59.1 cm³/mol. The van der Waals surface area contributed by atoms with Crippen LogP contribution in [0.2, 0.25) is 0 Å². The molecule has 2 heterocycles. The molecule has 2 aromatic rings. The highest BCUT2D eigenvalue weighted by molar-refractivity contribution is 5.45. The van der Waals surface area contributed by atoms with E-state index < -0.39 is 12.0 Å². The first kappa shape index (κ1) is 12.3. The third-order valence-corrected chi connectivity index (χ3v) is 2.25. The van der Waals surface area contributed by atoms with Crippen LogP contribution in [0.1, 0.15) is 12.7 Å². The van der Waals surface area contributed by atoms with Gasteiger partial charge in [0, 0.05) is 6.04 Å². The first-order chi connectivity index (χ1) is 8.41. The van der Waals surface area contributed by atoms with E-state index >= 15 is 0 Å². The molecule has 5 nitrogen and oxygen atoms in total. The van der Waals surface area contributed by atoms with Crippen molar-refractivity contribution in [2.24, 2.45) is 0 Å². The highest BCUT2D eigenvalue weighted by Crippen LogP contribution is 2.27. The summed E-state index contributed by atoms with van der Waals surface area (Å²) in [6.45, 7) is 5.37. The molecule has 1 N–H and O–H groups in total. The Balaban J connectivity index is 2.45. The van der Waals surface area contributed by atoms with E-state index in [1.54, 1.807) is 13.0 Å². The van der Waals surface area contributed by atoms with Crippen LogP contribution in [0.4, 0.5) is 19.0 Å². The molecule has 1 atom stereocenters. The largest absolute Gasteiger partial charge is 0.453 e. The Morgan fingerprint density at radius 2 is 2.11 bits per heavy atom. The minimum absolute atomic E-state index is 0.0409. The molecule has 0 bridgehead atoms. The van der Waals surface area contributed by atoms with Gasteiger partial charge in [-0.3, -0.25) is 0 Å². The van der Waals surface area contributed by atoms with Crippen molar-refractivity contribution in [1.29, 1.82) is 0 Å². The summed E-state index contributed by atoms with van der Waals surface area (Å²) in [6, 6.07) is 2.83. The fraction of sp³-hybridized carbons (Fsp3) is 0.300. The average Bonchev–Trinajstić information content (AvgIpc) is 2.71. The van der Waals surface area contributed by atoms with Crippen LogP contribution < -0.4 is 5.32 Å². The van der Waals surface area contributed by atoms with Crippen LogP contribution in [-0.4, -0.2) is 25.9 Å². The van der Waals surface area contributed by atoms with Crippen LogP contribution in [-0.2, 0) is 6.18 Å². The second-order valence-corrected chi connectivity index (χ2v) is 3.68. The first-order valence-electron chi connectivity index (χ1n) is 5.10. The minimum Gasteiger partial charge on any atom is -0.363 e. The summed E-state index contributed by atoms with van der Waals surface area (Å²) >= 11 is 0. The van der Waals surface area contributed by atoms with Gasteiger partial charge < -0.3 is 5.32 Å². The maximum absolute atomic E-state index is 12.6. The Morgan fingerprint density at radius 3 is 2.72 bits per heavy atom. The Bertz CT molecular complexity index is 574. The van der Waals surface area contributed by atoms with Gasteiger partial charge in [0.1, 0.15) is 5.82 Å². The van der Waals surface area contributed by atoms with Gasteiger partial charge >= 0.3 is 6.18 Å². The molecule has 0 fully saturated rings. The van der Waals surface area contributed by atoms with Crippen LogP contribution in [0.15, 0.2) is 24.8 Å². The number of hydrogen-bond donors (Lipinski definition) is 1. The zero-order chi connectivity index (χ0) is 13.3. The maximum atomic E-state index is 12.6. The molecular weight excluding hydrogens is 247 g/mol. The molecule has 96 valence electrons. The van der Waals surface area contributed by atoms with Gasteiger partial charge in [0.25, 0.3) is 5.82 Å². The predicted octanol–water partition coefficient (Wildman–Crippen LogP) is 2.13. The number of fused-ring (bicyclic) bond motifs is 1. The zero-order valence-corrected chi connectivity index (χ0v) is 9.44. The summed E-state index contributed by atoms with van der Waals surface area (Å²) < 4.78 is 38.5. The maximum Gasteiger partial charge on any atom is 0.453 e. The number of nitrogens with zero attached hydrogens (tertiary/aromatic N) is 4. The number of hydrogen-bond acceptors (Lipinski definition) is 4. The summed E-state index contributed by atoms with van der Waals surface area (Å²) in [5, 5.41) is 13.2. The fourth-order valence-electron chi connectivity index (χ4n) is 1.33. The Labute approximate surface area is 100 Å². The van der Waals surface area contributed by atoms with Crippen LogP contribution >= 0.6 is 0 Å². The number of aromatic nitrogens is 4. The lowest BCUT2D eigenvalue weighted by molar-refractivity contribution is -0.146. The van der Waals surface area contributed by atoms with Crippen molar-refractivity contribution in [3.05, 3.63) is 30.6 Å². The van der Waals surface area contributed by atoms with Crippen molar-refractivity contribution in [2.45, 2.75) is 19.1 Å². The molecule has 0 spiro atoms. The van der Waals surface area contributed by atoms with Crippen molar-refractivity contribution in [3.63, 3.8) is 0 Å². The minimum atomic E-state index is -4.59. The smallest absolute Gasteiger partial charge is 0.363 e. The SMILES string of the molecule is C=CC(C)Nc1ccc2nnc(C(F)(F)F)n2n1. The lowest BCUT2D eigenvalue weighted by atomic mass is 10.3. The number of halogens is 3. The standard InChI is InChI=1S/C10H10F3N5/c1-3-6(2)14-7-4-5-8-15-16-9(10(11,12)13)18(8)17-7/h3-6H,1H2,2H3,(H,14,17). The molecule has 2 aromatic heterocycles. The highest BCUT2D eigenvalue weighted by Gasteiger charge is 2.37. The zero-order valence-electron chi connectivity index (χ0n) is 9.44. The van der Waals surface area contributed by atoms with Crippen molar-refractivity contribution >= 4 is 11.5 Å². The lowest BCUT2D eigenvalue weighted by Crippen LogP contribution is -2.16. The van der Waals surface area contributed by atoms with Gasteiger partial charge in [-0.05, 0) is 19.1 Å². The molecular formula is C10H10F3N5. The second-order valence-electron chi connectivity index (χ2n) is 3.68. The number of alkyl halides is 3. The van der Waals surface area contributed by atoms with Crippen molar-refractivity contribution in [2.75, 3.05) is 5.32 Å².